The molecule has 8 atom stereocenters. The lowest BCUT2D eigenvalue weighted by atomic mass is 9.83. The number of epoxide rings is 1. The van der Waals surface area contributed by atoms with Crippen molar-refractivity contribution < 1.29 is 48.0 Å². The van der Waals surface area contributed by atoms with Gasteiger partial charge in [0, 0.05) is 39.5 Å². The third-order valence-corrected chi connectivity index (χ3v) is 10.4. The van der Waals surface area contributed by atoms with E-state index in [9.17, 15) is 24.3 Å². The van der Waals surface area contributed by atoms with E-state index in [-0.39, 0.29) is 29.7 Å². The highest BCUT2D eigenvalue weighted by Gasteiger charge is 2.64. The Morgan fingerprint density at radius 1 is 1.20 bits per heavy atom. The van der Waals surface area contributed by atoms with Gasteiger partial charge in [-0.3, -0.25) is 14.9 Å². The van der Waals surface area contributed by atoms with Crippen molar-refractivity contribution in [2.75, 3.05) is 33.2 Å². The first-order chi connectivity index (χ1) is 23.4. The fraction of sp³-hybridized carbons (Fsp3) is 0.611. The number of nitrogens with one attached hydrogen (secondary N) is 1. The monoisotopic (exact) mass is 719 g/mol. The van der Waals surface area contributed by atoms with E-state index in [1.165, 1.54) is 31.1 Å². The molecule has 276 valence electrons. The number of carbonyl (C=O) groups excluding carboxylic acids is 4. The number of nitrogens with zero attached hydrogens (tertiary/aromatic N) is 2. The zero-order chi connectivity index (χ0) is 37.3. The van der Waals surface area contributed by atoms with Gasteiger partial charge in [-0.1, -0.05) is 56.2 Å². The number of ether oxygens (including phenoxy) is 5. The standard InChI is InChI=1S/C36H50ClN3O10/c1-19(2)32(42)39(7)22(5)33(43)49-28-17-29(41)40(8)24-15-23(16-25(46-9)30(24)37)14-20(3)12-11-13-27(47-10)36(45)18-26(48-34(44)38-36)21(4)31-35(28,6)50-31/h11-13,15-16,19,21-22,26-28,31,45H,14,17-18H2,1-10H3,(H,38,44)/b13-11+,20-12+/t21-,22+,26+,27-,28-,31-,35+,36+/m1/s1. The number of aliphatic hydroxyl groups is 1. The van der Waals surface area contributed by atoms with Crippen molar-refractivity contribution in [3.8, 4) is 5.75 Å². The van der Waals surface area contributed by atoms with Crippen molar-refractivity contribution in [2.45, 2.75) is 103 Å². The van der Waals surface area contributed by atoms with Crippen LogP contribution in [0.4, 0.5) is 10.5 Å². The minimum Gasteiger partial charge on any atom is -0.495 e. The number of benzene rings is 1. The number of carbonyl (C=O) groups is 4. The van der Waals surface area contributed by atoms with Crippen LogP contribution in [-0.2, 0) is 39.8 Å². The highest BCUT2D eigenvalue weighted by molar-refractivity contribution is 6.35. The van der Waals surface area contributed by atoms with Gasteiger partial charge >= 0.3 is 12.1 Å². The summed E-state index contributed by atoms with van der Waals surface area (Å²) in [5.74, 6) is -1.88. The van der Waals surface area contributed by atoms with Gasteiger partial charge in [0.25, 0.3) is 0 Å². The Labute approximate surface area is 298 Å². The fourth-order valence-corrected chi connectivity index (χ4v) is 6.91. The summed E-state index contributed by atoms with van der Waals surface area (Å²) in [5.41, 5.74) is -0.881. The maximum Gasteiger partial charge on any atom is 0.409 e. The molecule has 14 heteroatoms. The second kappa shape index (κ2) is 15.3. The normalized spacial score (nSPS) is 32.5. The zero-order valence-electron chi connectivity index (χ0n) is 30.4. The molecule has 50 heavy (non-hydrogen) atoms. The molecule has 2 saturated heterocycles. The van der Waals surface area contributed by atoms with Crippen LogP contribution in [0, 0.1) is 11.8 Å². The van der Waals surface area contributed by atoms with Crippen molar-refractivity contribution in [1.29, 1.82) is 0 Å². The first-order valence-corrected chi connectivity index (χ1v) is 17.1. The van der Waals surface area contributed by atoms with Crippen molar-refractivity contribution in [3.05, 3.63) is 46.5 Å². The number of hydrogen-bond acceptors (Lipinski definition) is 10. The Morgan fingerprint density at radius 2 is 1.88 bits per heavy atom. The summed E-state index contributed by atoms with van der Waals surface area (Å²) in [6.07, 6.45) is 1.00. The van der Waals surface area contributed by atoms with Crippen LogP contribution < -0.4 is 15.0 Å². The molecule has 2 N–H and O–H groups in total. The Morgan fingerprint density at radius 3 is 2.50 bits per heavy atom. The molecule has 0 saturated carbocycles. The van der Waals surface area contributed by atoms with Crippen LogP contribution in [0.25, 0.3) is 0 Å². The van der Waals surface area contributed by atoms with Crippen molar-refractivity contribution in [3.63, 3.8) is 0 Å². The number of methoxy groups -OCH3 is 2. The SMILES string of the molecule is COc1cc2cc(c1Cl)N(C)C(=O)C[C@@H](OC(=O)[C@H](C)N(C)C(=O)C(C)C)[C@]1(C)O[C@@H]1[C@H](C)[C@@H]1C[C@@](O)(NC(=O)O1)[C@H](OC)/C=C/C=C(\C)C2. The van der Waals surface area contributed by atoms with E-state index in [0.717, 1.165) is 11.1 Å². The van der Waals surface area contributed by atoms with Gasteiger partial charge in [-0.2, -0.15) is 0 Å². The Bertz CT molecular complexity index is 1550. The van der Waals surface area contributed by atoms with Crippen LogP contribution in [0.15, 0.2) is 35.9 Å². The van der Waals surface area contributed by atoms with Gasteiger partial charge in [0.1, 0.15) is 40.7 Å². The molecule has 3 heterocycles. The van der Waals surface area contributed by atoms with Gasteiger partial charge in [0.15, 0.2) is 5.72 Å². The smallest absolute Gasteiger partial charge is 0.409 e. The second-order valence-electron chi connectivity index (χ2n) is 14.0. The molecule has 0 radical (unpaired) electrons. The minimum absolute atomic E-state index is 0.0449. The Balaban J connectivity index is 1.78. The van der Waals surface area contributed by atoms with Crippen LogP contribution in [0.1, 0.15) is 59.9 Å². The summed E-state index contributed by atoms with van der Waals surface area (Å²) < 4.78 is 29.1. The van der Waals surface area contributed by atoms with Crippen LogP contribution in [0.5, 0.6) is 5.75 Å². The number of halogens is 1. The largest absolute Gasteiger partial charge is 0.495 e. The fourth-order valence-electron chi connectivity index (χ4n) is 6.60. The predicted molar refractivity (Wildman–Crippen MR) is 186 cm³/mol. The predicted octanol–water partition coefficient (Wildman–Crippen LogP) is 4.17. The lowest BCUT2D eigenvalue weighted by Crippen LogP contribution is -2.63. The van der Waals surface area contributed by atoms with Gasteiger partial charge < -0.3 is 38.6 Å². The van der Waals surface area contributed by atoms with Crippen LogP contribution in [0.2, 0.25) is 5.02 Å². The molecule has 4 bridgehead atoms. The molecule has 3 aliphatic rings. The highest BCUT2D eigenvalue weighted by atomic mass is 35.5. The van der Waals surface area contributed by atoms with Gasteiger partial charge in [-0.05, 0) is 44.9 Å². The number of alkyl carbamates (subject to hydrolysis) is 1. The van der Waals surface area contributed by atoms with E-state index in [2.05, 4.69) is 5.32 Å². The van der Waals surface area contributed by atoms with Crippen LogP contribution in [-0.4, -0.2) is 104 Å². The molecule has 0 unspecified atom stereocenters. The van der Waals surface area contributed by atoms with Gasteiger partial charge in [0.2, 0.25) is 11.8 Å². The summed E-state index contributed by atoms with van der Waals surface area (Å²) in [6, 6.07) is 2.63. The summed E-state index contributed by atoms with van der Waals surface area (Å²) in [7, 11) is 6.02. The lowest BCUT2D eigenvalue weighted by molar-refractivity contribution is -0.162. The molecule has 3 aliphatic heterocycles. The average molecular weight is 720 g/mol. The topological polar surface area (TPSA) is 156 Å². The summed E-state index contributed by atoms with van der Waals surface area (Å²) in [5, 5.41) is 14.4. The van der Waals surface area contributed by atoms with Crippen LogP contribution in [0.3, 0.4) is 0 Å². The first-order valence-electron chi connectivity index (χ1n) is 16.7. The first kappa shape index (κ1) is 39.1. The Kier molecular flexibility index (Phi) is 12.0. The van der Waals surface area contributed by atoms with Gasteiger partial charge in [-0.15, -0.1) is 0 Å². The third-order valence-electron chi connectivity index (χ3n) is 9.97. The quantitative estimate of drug-likeness (QED) is 0.323. The number of allylic oxidation sites excluding steroid dienone is 3. The highest BCUT2D eigenvalue weighted by Crippen LogP contribution is 2.49. The van der Waals surface area contributed by atoms with Crippen molar-refractivity contribution in [1.82, 2.24) is 10.2 Å². The number of likely N-dealkylation sites (N-methyl/N-ethyl adjacent to an activating group) is 1. The maximum atomic E-state index is 14.1. The number of hydrogen-bond donors (Lipinski definition) is 2. The average Bonchev–Trinajstić information content (AvgIpc) is 3.76. The van der Waals surface area contributed by atoms with E-state index in [1.54, 1.807) is 66.0 Å². The molecule has 13 nitrogen and oxygen atoms in total. The molecule has 1 aromatic carbocycles. The molecule has 1 aromatic rings. The minimum atomic E-state index is -1.82. The molecular weight excluding hydrogens is 670 g/mol. The van der Waals surface area contributed by atoms with E-state index in [1.807, 2.05) is 13.0 Å². The van der Waals surface area contributed by atoms with Crippen molar-refractivity contribution in [2.24, 2.45) is 11.8 Å². The van der Waals surface area contributed by atoms with E-state index in [0.29, 0.717) is 17.9 Å². The summed E-state index contributed by atoms with van der Waals surface area (Å²) in [4.78, 5) is 55.8. The van der Waals surface area contributed by atoms with Gasteiger partial charge in [0.05, 0.1) is 25.3 Å². The van der Waals surface area contributed by atoms with E-state index >= 15 is 0 Å². The van der Waals surface area contributed by atoms with Gasteiger partial charge in [-0.25, -0.2) is 9.59 Å². The van der Waals surface area contributed by atoms with Crippen LogP contribution >= 0.6 is 11.6 Å². The molecule has 2 fully saturated rings. The number of esters is 1. The number of rotatable bonds is 6. The molecule has 3 amide bonds. The van der Waals surface area contributed by atoms with E-state index < -0.39 is 65.7 Å². The number of anilines is 1. The summed E-state index contributed by atoms with van der Waals surface area (Å²) in [6.45, 7) is 10.5. The second-order valence-corrected chi connectivity index (χ2v) is 14.4. The lowest BCUT2D eigenvalue weighted by Gasteiger charge is -2.42. The van der Waals surface area contributed by atoms with E-state index in [4.69, 9.17) is 35.3 Å². The zero-order valence-corrected chi connectivity index (χ0v) is 31.2. The Hall–Kier alpha value is -3.65. The maximum absolute atomic E-state index is 14.1. The molecular formula is C36H50ClN3O10. The molecule has 0 aliphatic carbocycles. The number of fused-ring (bicyclic) bond motifs is 5. The molecule has 0 aromatic heterocycles. The van der Waals surface area contributed by atoms with Crippen molar-refractivity contribution >= 4 is 41.2 Å². The molecule has 0 spiro atoms. The molecule has 4 rings (SSSR count). The number of amides is 3. The summed E-state index contributed by atoms with van der Waals surface area (Å²) >= 11 is 6.74. The third kappa shape index (κ3) is 8.11.